The number of rotatable bonds is 1. The van der Waals surface area contributed by atoms with Crippen molar-refractivity contribution < 1.29 is 8.78 Å². The molecule has 1 fully saturated rings. The summed E-state index contributed by atoms with van der Waals surface area (Å²) in [5.74, 6) is -0.0773. The fourth-order valence-corrected chi connectivity index (χ4v) is 2.58. The van der Waals surface area contributed by atoms with E-state index in [4.69, 9.17) is 0 Å². The van der Waals surface area contributed by atoms with E-state index in [9.17, 15) is 8.78 Å². The van der Waals surface area contributed by atoms with E-state index in [1.165, 1.54) is 12.5 Å². The molecule has 0 amide bonds. The maximum Gasteiger partial charge on any atom is 0.129 e. The molecule has 1 aliphatic carbocycles. The Morgan fingerprint density at radius 3 is 2.28 bits per heavy atom. The van der Waals surface area contributed by atoms with Gasteiger partial charge < -0.3 is 5.32 Å². The van der Waals surface area contributed by atoms with Crippen molar-refractivity contribution in [2.75, 3.05) is 14.1 Å². The molecule has 0 saturated heterocycles. The highest BCUT2D eigenvalue weighted by Gasteiger charge is 2.25. The first kappa shape index (κ1) is 15.1. The first-order valence-corrected chi connectivity index (χ1v) is 6.63. The fourth-order valence-electron chi connectivity index (χ4n) is 2.58. The van der Waals surface area contributed by atoms with Gasteiger partial charge in [-0.05, 0) is 44.0 Å². The second-order valence-corrected chi connectivity index (χ2v) is 5.03. The molecule has 1 saturated carbocycles. The number of hydrogen-bond donors (Lipinski definition) is 1. The minimum Gasteiger partial charge on any atom is -0.323 e. The maximum absolute atomic E-state index is 13.6. The van der Waals surface area contributed by atoms with Crippen LogP contribution in [0.3, 0.4) is 0 Å². The number of nitrogens with one attached hydrogen (secondary N) is 1. The van der Waals surface area contributed by atoms with Crippen molar-refractivity contribution in [3.63, 3.8) is 0 Å². The lowest BCUT2D eigenvalue weighted by Gasteiger charge is -2.29. The van der Waals surface area contributed by atoms with Gasteiger partial charge in [-0.25, -0.2) is 8.78 Å². The summed E-state index contributed by atoms with van der Waals surface area (Å²) >= 11 is 0. The monoisotopic (exact) mass is 255 g/mol. The normalized spacial score (nSPS) is 23.2. The quantitative estimate of drug-likeness (QED) is 0.797. The highest BCUT2D eigenvalue weighted by molar-refractivity contribution is 5.23. The van der Waals surface area contributed by atoms with Crippen molar-refractivity contribution in [3.05, 3.63) is 35.4 Å². The average molecular weight is 255 g/mol. The van der Waals surface area contributed by atoms with Gasteiger partial charge in [0.05, 0.1) is 0 Å². The van der Waals surface area contributed by atoms with Gasteiger partial charge in [-0.1, -0.05) is 32.3 Å². The molecule has 1 aliphatic rings. The second kappa shape index (κ2) is 7.47. The van der Waals surface area contributed by atoms with E-state index in [0.29, 0.717) is 11.5 Å². The van der Waals surface area contributed by atoms with Crippen LogP contribution in [-0.4, -0.2) is 14.1 Å². The first-order chi connectivity index (χ1) is 8.60. The molecule has 0 heterocycles. The average Bonchev–Trinajstić information content (AvgIpc) is 2.32. The lowest BCUT2D eigenvalue weighted by atomic mass is 9.76. The largest absolute Gasteiger partial charge is 0.323 e. The molecule has 2 rings (SSSR count). The standard InChI is InChI=1S/C13H16F2.C2H7N/c1-9-4-2-3-5-11(9)12-7-6-10(14)8-13(12)15;1-3-2/h6-9,11H,2-5H2,1H3;3H,1-2H3/t9-,11?;/m1./s1. The van der Waals surface area contributed by atoms with Gasteiger partial charge in [-0.3, -0.25) is 0 Å². The summed E-state index contributed by atoms with van der Waals surface area (Å²) in [5.41, 5.74) is 0.698. The van der Waals surface area contributed by atoms with Gasteiger partial charge in [-0.15, -0.1) is 0 Å². The lowest BCUT2D eigenvalue weighted by Crippen LogP contribution is -2.16. The molecule has 1 aromatic rings. The second-order valence-electron chi connectivity index (χ2n) is 5.03. The summed E-state index contributed by atoms with van der Waals surface area (Å²) in [4.78, 5) is 0. The Balaban J connectivity index is 0.000000492. The van der Waals surface area contributed by atoms with Crippen LogP contribution in [0, 0.1) is 17.6 Å². The lowest BCUT2D eigenvalue weighted by molar-refractivity contribution is 0.323. The van der Waals surface area contributed by atoms with Crippen LogP contribution in [0.4, 0.5) is 8.78 Å². The number of benzene rings is 1. The number of hydrogen-bond acceptors (Lipinski definition) is 1. The molecule has 18 heavy (non-hydrogen) atoms. The molecule has 0 aliphatic heterocycles. The van der Waals surface area contributed by atoms with Crippen molar-refractivity contribution in [1.29, 1.82) is 0 Å². The molecule has 0 aromatic heterocycles. The zero-order valence-corrected chi connectivity index (χ0v) is 11.5. The predicted octanol–water partition coefficient (Wildman–Crippen LogP) is 4.09. The molecule has 2 atom stereocenters. The Hall–Kier alpha value is -0.960. The van der Waals surface area contributed by atoms with E-state index in [1.807, 2.05) is 14.1 Å². The maximum atomic E-state index is 13.6. The van der Waals surface area contributed by atoms with E-state index >= 15 is 0 Å². The molecule has 1 unspecified atom stereocenters. The summed E-state index contributed by atoms with van der Waals surface area (Å²) in [6, 6.07) is 3.97. The summed E-state index contributed by atoms with van der Waals surface area (Å²) in [7, 11) is 3.75. The summed E-state index contributed by atoms with van der Waals surface area (Å²) in [5, 5.41) is 2.75. The van der Waals surface area contributed by atoms with E-state index in [-0.39, 0.29) is 11.7 Å². The predicted molar refractivity (Wildman–Crippen MR) is 71.7 cm³/mol. The van der Waals surface area contributed by atoms with Crippen LogP contribution >= 0.6 is 0 Å². The molecule has 1 N–H and O–H groups in total. The van der Waals surface area contributed by atoms with Gasteiger partial charge in [0.1, 0.15) is 11.6 Å². The molecule has 1 aromatic carbocycles. The van der Waals surface area contributed by atoms with Crippen LogP contribution in [0.5, 0.6) is 0 Å². The zero-order valence-electron chi connectivity index (χ0n) is 11.5. The van der Waals surface area contributed by atoms with Crippen LogP contribution in [0.15, 0.2) is 18.2 Å². The summed E-state index contributed by atoms with van der Waals surface area (Å²) in [6.45, 7) is 2.16. The van der Waals surface area contributed by atoms with Gasteiger partial charge >= 0.3 is 0 Å². The Morgan fingerprint density at radius 2 is 1.72 bits per heavy atom. The van der Waals surface area contributed by atoms with Gasteiger partial charge in [0.2, 0.25) is 0 Å². The van der Waals surface area contributed by atoms with E-state index in [0.717, 1.165) is 25.3 Å². The van der Waals surface area contributed by atoms with Crippen molar-refractivity contribution >= 4 is 0 Å². The third kappa shape index (κ3) is 4.05. The molecule has 102 valence electrons. The molecular weight excluding hydrogens is 232 g/mol. The smallest absolute Gasteiger partial charge is 0.129 e. The SMILES string of the molecule is CNC.C[C@@H]1CCCCC1c1ccc(F)cc1F. The molecular formula is C15H23F2N. The fraction of sp³-hybridized carbons (Fsp3) is 0.600. The summed E-state index contributed by atoms with van der Waals surface area (Å²) in [6.07, 6.45) is 4.58. The first-order valence-electron chi connectivity index (χ1n) is 6.63. The van der Waals surface area contributed by atoms with Gasteiger partial charge in [0.25, 0.3) is 0 Å². The van der Waals surface area contributed by atoms with Gasteiger partial charge in [-0.2, -0.15) is 0 Å². The Morgan fingerprint density at radius 1 is 1.11 bits per heavy atom. The van der Waals surface area contributed by atoms with Crippen molar-refractivity contribution in [2.24, 2.45) is 5.92 Å². The minimum absolute atomic E-state index is 0.277. The Labute approximate surface area is 109 Å². The highest BCUT2D eigenvalue weighted by atomic mass is 19.1. The molecule has 0 bridgehead atoms. The third-order valence-electron chi connectivity index (χ3n) is 3.47. The summed E-state index contributed by atoms with van der Waals surface area (Å²) < 4.78 is 26.3. The highest BCUT2D eigenvalue weighted by Crippen LogP contribution is 2.38. The Bertz CT molecular complexity index is 366. The van der Waals surface area contributed by atoms with Gasteiger partial charge in [0.15, 0.2) is 0 Å². The zero-order chi connectivity index (χ0) is 13.5. The van der Waals surface area contributed by atoms with Crippen LogP contribution in [0.1, 0.15) is 44.1 Å². The van der Waals surface area contributed by atoms with Crippen LogP contribution < -0.4 is 5.32 Å². The van der Waals surface area contributed by atoms with Crippen LogP contribution in [0.2, 0.25) is 0 Å². The number of halogens is 2. The van der Waals surface area contributed by atoms with Crippen molar-refractivity contribution in [2.45, 2.75) is 38.5 Å². The molecule has 1 nitrogen and oxygen atoms in total. The molecule has 0 radical (unpaired) electrons. The van der Waals surface area contributed by atoms with E-state index < -0.39 is 5.82 Å². The van der Waals surface area contributed by atoms with Crippen LogP contribution in [-0.2, 0) is 0 Å². The molecule has 0 spiro atoms. The van der Waals surface area contributed by atoms with Gasteiger partial charge in [0, 0.05) is 6.07 Å². The minimum atomic E-state index is -0.486. The van der Waals surface area contributed by atoms with Crippen molar-refractivity contribution in [3.8, 4) is 0 Å². The third-order valence-corrected chi connectivity index (χ3v) is 3.47. The van der Waals surface area contributed by atoms with Crippen molar-refractivity contribution in [1.82, 2.24) is 5.32 Å². The molecule has 3 heteroatoms. The van der Waals surface area contributed by atoms with E-state index in [1.54, 1.807) is 6.07 Å². The Kier molecular flexibility index (Phi) is 6.27. The van der Waals surface area contributed by atoms with E-state index in [2.05, 4.69) is 12.2 Å². The van der Waals surface area contributed by atoms with Crippen LogP contribution in [0.25, 0.3) is 0 Å². The topological polar surface area (TPSA) is 12.0 Å².